The third-order valence-electron chi connectivity index (χ3n) is 7.27. The molecule has 0 spiro atoms. The first-order valence-corrected chi connectivity index (χ1v) is 15.6. The number of quaternary nitrogens is 1. The number of rotatable bonds is 22. The summed E-state index contributed by atoms with van der Waals surface area (Å²) in [5.74, 6) is -0.967. The lowest BCUT2D eigenvalue weighted by atomic mass is 10.1. The van der Waals surface area contributed by atoms with Crippen molar-refractivity contribution in [1.29, 1.82) is 0 Å². The second-order valence-electron chi connectivity index (χ2n) is 10.9. The molecular weight excluding hydrogens is 462 g/mol. The molecule has 0 aromatic heterocycles. The SMILES string of the molecule is CCCCCCCC[N+](C)(CCCCCCCC)CCCCCCCC.O=C(O)c1ccccc1[S-]. The summed E-state index contributed by atoms with van der Waals surface area (Å²) in [6.45, 7) is 11.2. The first kappa shape index (κ1) is 34.9. The summed E-state index contributed by atoms with van der Waals surface area (Å²) in [7, 11) is 2.56. The summed E-state index contributed by atoms with van der Waals surface area (Å²) in [4.78, 5) is 10.7. The van der Waals surface area contributed by atoms with Crippen LogP contribution >= 0.6 is 0 Å². The van der Waals surface area contributed by atoms with Gasteiger partial charge in [-0.15, -0.1) is 0 Å². The van der Waals surface area contributed by atoms with E-state index in [4.69, 9.17) is 17.7 Å². The van der Waals surface area contributed by atoms with Gasteiger partial charge < -0.3 is 22.2 Å². The number of hydrogen-bond donors (Lipinski definition) is 1. The zero-order valence-electron chi connectivity index (χ0n) is 24.4. The van der Waals surface area contributed by atoms with Gasteiger partial charge in [-0.05, 0) is 44.6 Å². The highest BCUT2D eigenvalue weighted by Gasteiger charge is 2.20. The molecule has 0 radical (unpaired) electrons. The molecule has 0 bridgehead atoms. The number of hydrogen-bond acceptors (Lipinski definition) is 2. The Morgan fingerprint density at radius 2 is 0.972 bits per heavy atom. The zero-order valence-corrected chi connectivity index (χ0v) is 25.2. The normalized spacial score (nSPS) is 11.2. The van der Waals surface area contributed by atoms with Crippen LogP contribution in [0.2, 0.25) is 0 Å². The number of benzene rings is 1. The van der Waals surface area contributed by atoms with Gasteiger partial charge >= 0.3 is 5.97 Å². The smallest absolute Gasteiger partial charge is 0.334 e. The Kier molecular flexibility index (Phi) is 23.5. The monoisotopic (exact) mass is 521 g/mol. The Bertz CT molecular complexity index is 594. The lowest BCUT2D eigenvalue weighted by Crippen LogP contribution is -2.46. The van der Waals surface area contributed by atoms with Crippen LogP contribution in [0.1, 0.15) is 147 Å². The van der Waals surface area contributed by atoms with Gasteiger partial charge in [0.15, 0.2) is 0 Å². The molecule has 36 heavy (non-hydrogen) atoms. The minimum atomic E-state index is -0.967. The van der Waals surface area contributed by atoms with E-state index in [0.29, 0.717) is 4.90 Å². The van der Waals surface area contributed by atoms with E-state index in [1.54, 1.807) is 18.2 Å². The van der Waals surface area contributed by atoms with Crippen molar-refractivity contribution < 1.29 is 14.4 Å². The summed E-state index contributed by atoms with van der Waals surface area (Å²) in [6, 6.07) is 6.46. The lowest BCUT2D eigenvalue weighted by molar-refractivity contribution is -0.910. The Labute approximate surface area is 230 Å². The van der Waals surface area contributed by atoms with Crippen molar-refractivity contribution in [3.8, 4) is 0 Å². The highest BCUT2D eigenvalue weighted by atomic mass is 32.1. The van der Waals surface area contributed by atoms with Gasteiger partial charge in [0.1, 0.15) is 0 Å². The van der Waals surface area contributed by atoms with Crippen LogP contribution in [-0.2, 0) is 12.6 Å². The molecule has 3 nitrogen and oxygen atoms in total. The highest BCUT2D eigenvalue weighted by molar-refractivity contribution is 7.58. The molecule has 1 N–H and O–H groups in total. The van der Waals surface area contributed by atoms with Crippen LogP contribution in [0.15, 0.2) is 29.2 Å². The quantitative estimate of drug-likeness (QED) is 0.0937. The Hall–Kier alpha value is -1.13. The van der Waals surface area contributed by atoms with Crippen LogP contribution in [0.5, 0.6) is 0 Å². The topological polar surface area (TPSA) is 37.3 Å². The highest BCUT2D eigenvalue weighted by Crippen LogP contribution is 2.16. The van der Waals surface area contributed by atoms with Crippen LogP contribution in [0.3, 0.4) is 0 Å². The fourth-order valence-corrected chi connectivity index (χ4v) is 5.03. The average molecular weight is 522 g/mol. The minimum Gasteiger partial charge on any atom is -0.779 e. The van der Waals surface area contributed by atoms with Crippen LogP contribution in [0.4, 0.5) is 0 Å². The summed E-state index contributed by atoms with van der Waals surface area (Å²) < 4.78 is 1.36. The van der Waals surface area contributed by atoms with Crippen molar-refractivity contribution in [1.82, 2.24) is 0 Å². The maximum atomic E-state index is 10.4. The molecular formula is C32H59NO2S. The van der Waals surface area contributed by atoms with E-state index in [1.807, 2.05) is 0 Å². The van der Waals surface area contributed by atoms with Gasteiger partial charge in [-0.25, -0.2) is 4.79 Å². The molecule has 1 aromatic carbocycles. The summed E-state index contributed by atoms with van der Waals surface area (Å²) in [6.07, 6.45) is 25.9. The zero-order chi connectivity index (χ0) is 26.9. The summed E-state index contributed by atoms with van der Waals surface area (Å²) in [5.41, 5.74) is 0.192. The van der Waals surface area contributed by atoms with E-state index < -0.39 is 5.97 Å². The predicted octanol–water partition coefficient (Wildman–Crippen LogP) is 9.81. The van der Waals surface area contributed by atoms with Crippen molar-refractivity contribution in [2.24, 2.45) is 0 Å². The molecule has 0 aliphatic carbocycles. The van der Waals surface area contributed by atoms with Crippen molar-refractivity contribution in [2.45, 2.75) is 141 Å². The van der Waals surface area contributed by atoms with Gasteiger partial charge in [0.05, 0.1) is 26.7 Å². The third kappa shape index (κ3) is 20.0. The fraction of sp³-hybridized carbons (Fsp3) is 0.781. The van der Waals surface area contributed by atoms with E-state index >= 15 is 0 Å². The van der Waals surface area contributed by atoms with E-state index in [9.17, 15) is 4.79 Å². The van der Waals surface area contributed by atoms with Gasteiger partial charge in [0.25, 0.3) is 0 Å². The standard InChI is InChI=1S/C25H54N.C7H6O2S/c1-5-8-11-14-17-20-23-26(4,24-21-18-15-12-9-6-2)25-22-19-16-13-10-7-3;8-7(9)5-3-1-2-4-6(5)10/h5-25H2,1-4H3;1-4,10H,(H,8,9)/q+1;/p-1. The molecule has 0 saturated heterocycles. The van der Waals surface area contributed by atoms with E-state index in [2.05, 4.69) is 27.8 Å². The Morgan fingerprint density at radius 1 is 0.639 bits per heavy atom. The third-order valence-corrected chi connectivity index (χ3v) is 7.63. The van der Waals surface area contributed by atoms with E-state index in [-0.39, 0.29) is 5.56 Å². The largest absolute Gasteiger partial charge is 0.779 e. The second kappa shape index (κ2) is 24.2. The number of unbranched alkanes of at least 4 members (excludes halogenated alkanes) is 15. The number of aromatic carboxylic acids is 1. The van der Waals surface area contributed by atoms with Crippen LogP contribution in [0.25, 0.3) is 0 Å². The van der Waals surface area contributed by atoms with Crippen LogP contribution in [0, 0.1) is 0 Å². The van der Waals surface area contributed by atoms with Gasteiger partial charge in [-0.3, -0.25) is 0 Å². The Balaban J connectivity index is 0.00000101. The van der Waals surface area contributed by atoms with Crippen molar-refractivity contribution in [3.05, 3.63) is 29.8 Å². The van der Waals surface area contributed by atoms with Gasteiger partial charge in [-0.1, -0.05) is 116 Å². The molecule has 0 unspecified atom stereocenters. The predicted molar refractivity (Wildman–Crippen MR) is 160 cm³/mol. The number of carbonyl (C=O) groups is 1. The van der Waals surface area contributed by atoms with Crippen molar-refractivity contribution >= 4 is 18.6 Å². The number of carboxylic acid groups (broad SMARTS) is 1. The number of nitrogens with zero attached hydrogens (tertiary/aromatic N) is 1. The molecule has 0 atom stereocenters. The second-order valence-corrected chi connectivity index (χ2v) is 11.3. The maximum Gasteiger partial charge on any atom is 0.334 e. The number of carboxylic acids is 1. The fourth-order valence-electron chi connectivity index (χ4n) is 4.80. The first-order chi connectivity index (χ1) is 17.4. The average Bonchev–Trinajstić information content (AvgIpc) is 2.86. The molecule has 0 heterocycles. The lowest BCUT2D eigenvalue weighted by Gasteiger charge is -2.35. The molecule has 0 amide bonds. The molecule has 0 fully saturated rings. The molecule has 4 heteroatoms. The summed E-state index contributed by atoms with van der Waals surface area (Å²) in [5, 5.41) is 8.50. The van der Waals surface area contributed by atoms with Gasteiger partial charge in [0, 0.05) is 5.56 Å². The minimum absolute atomic E-state index is 0.192. The molecule has 0 saturated carbocycles. The summed E-state index contributed by atoms with van der Waals surface area (Å²) >= 11 is 4.75. The molecule has 1 aromatic rings. The van der Waals surface area contributed by atoms with Crippen LogP contribution in [-0.4, -0.2) is 42.2 Å². The first-order valence-electron chi connectivity index (χ1n) is 15.2. The van der Waals surface area contributed by atoms with E-state index in [0.717, 1.165) is 0 Å². The van der Waals surface area contributed by atoms with Crippen molar-refractivity contribution in [2.75, 3.05) is 26.7 Å². The molecule has 0 aliphatic heterocycles. The molecule has 1 rings (SSSR count). The van der Waals surface area contributed by atoms with Gasteiger partial charge in [-0.2, -0.15) is 4.90 Å². The molecule has 0 aliphatic rings. The Morgan fingerprint density at radius 3 is 1.28 bits per heavy atom. The van der Waals surface area contributed by atoms with Crippen LogP contribution < -0.4 is 0 Å². The van der Waals surface area contributed by atoms with Crippen molar-refractivity contribution in [3.63, 3.8) is 0 Å². The van der Waals surface area contributed by atoms with E-state index in [1.165, 1.54) is 146 Å². The maximum absolute atomic E-state index is 10.4. The molecule has 210 valence electrons. The van der Waals surface area contributed by atoms with Gasteiger partial charge in [0.2, 0.25) is 0 Å².